The molecule has 1 aromatic rings. The van der Waals surface area contributed by atoms with Gasteiger partial charge in [0.25, 0.3) is 5.91 Å². The number of nitrogens with zero attached hydrogens (tertiary/aromatic N) is 2. The predicted octanol–water partition coefficient (Wildman–Crippen LogP) is 3.25. The van der Waals surface area contributed by atoms with Crippen LogP contribution in [0.1, 0.15) is 57.0 Å². The van der Waals surface area contributed by atoms with Crippen LogP contribution in [0.2, 0.25) is 0 Å². The van der Waals surface area contributed by atoms with Gasteiger partial charge in [-0.15, -0.1) is 0 Å². The van der Waals surface area contributed by atoms with E-state index in [1.54, 1.807) is 4.90 Å². The second-order valence-electron chi connectivity index (χ2n) is 8.06. The number of carbonyl (C=O) groups excluding carboxylic acids is 2. The molecule has 1 heterocycles. The van der Waals surface area contributed by atoms with Crippen molar-refractivity contribution >= 4 is 11.9 Å². The number of carbonyl (C=O) groups is 2. The van der Waals surface area contributed by atoms with Gasteiger partial charge in [0.2, 0.25) is 0 Å². The largest absolute Gasteiger partial charge is 0.337 e. The summed E-state index contributed by atoms with van der Waals surface area (Å²) in [7, 11) is 0. The van der Waals surface area contributed by atoms with Gasteiger partial charge < -0.3 is 15.1 Å². The van der Waals surface area contributed by atoms with Crippen molar-refractivity contribution in [2.45, 2.75) is 52.5 Å². The summed E-state index contributed by atoms with van der Waals surface area (Å²) in [6, 6.07) is 7.98. The van der Waals surface area contributed by atoms with E-state index in [4.69, 9.17) is 0 Å². The Kier molecular flexibility index (Phi) is 6.09. The molecule has 0 bridgehead atoms. The Hall–Kier alpha value is -2.04. The topological polar surface area (TPSA) is 52.7 Å². The lowest BCUT2D eigenvalue weighted by atomic mass is 9.86. The van der Waals surface area contributed by atoms with Crippen LogP contribution < -0.4 is 5.32 Å². The minimum absolute atomic E-state index is 0.0428. The molecule has 5 nitrogen and oxygen atoms in total. The van der Waals surface area contributed by atoms with Gasteiger partial charge in [0.05, 0.1) is 0 Å². The smallest absolute Gasteiger partial charge is 0.317 e. The van der Waals surface area contributed by atoms with Gasteiger partial charge >= 0.3 is 6.03 Å². The van der Waals surface area contributed by atoms with Gasteiger partial charge in [0, 0.05) is 37.8 Å². The summed E-state index contributed by atoms with van der Waals surface area (Å²) < 4.78 is 0. The molecule has 0 aliphatic carbocycles. The normalized spacial score (nSPS) is 15.9. The molecule has 1 aliphatic heterocycles. The third kappa shape index (κ3) is 5.21. The van der Waals surface area contributed by atoms with Gasteiger partial charge in [-0.3, -0.25) is 4.79 Å². The SMILES string of the molecule is CC(C)NC(=O)N1CCCN(C(=O)c2ccc(C(C)(C)C)cc2)CC1. The Bertz CT molecular complexity index is 602. The van der Waals surface area contributed by atoms with Crippen LogP contribution in [0.3, 0.4) is 0 Å². The lowest BCUT2D eigenvalue weighted by molar-refractivity contribution is 0.0762. The summed E-state index contributed by atoms with van der Waals surface area (Å²) in [4.78, 5) is 28.6. The third-order valence-electron chi connectivity index (χ3n) is 4.48. The molecule has 1 aromatic carbocycles. The molecule has 1 fully saturated rings. The monoisotopic (exact) mass is 345 g/mol. The average molecular weight is 345 g/mol. The number of amides is 3. The van der Waals surface area contributed by atoms with E-state index in [1.165, 1.54) is 5.56 Å². The zero-order valence-corrected chi connectivity index (χ0v) is 16.1. The second kappa shape index (κ2) is 7.89. The molecule has 1 N–H and O–H groups in total. The van der Waals surface area contributed by atoms with Crippen molar-refractivity contribution in [2.24, 2.45) is 0 Å². The molecule has 5 heteroatoms. The lowest BCUT2D eigenvalue weighted by Crippen LogP contribution is -2.44. The minimum Gasteiger partial charge on any atom is -0.337 e. The molecule has 0 unspecified atom stereocenters. The van der Waals surface area contributed by atoms with E-state index >= 15 is 0 Å². The Balaban J connectivity index is 2.00. The molecule has 0 saturated carbocycles. The molecule has 0 spiro atoms. The summed E-state index contributed by atoms with van der Waals surface area (Å²) in [5, 5.41) is 2.92. The zero-order valence-electron chi connectivity index (χ0n) is 16.1. The number of hydrogen-bond donors (Lipinski definition) is 1. The van der Waals surface area contributed by atoms with Crippen molar-refractivity contribution in [1.29, 1.82) is 0 Å². The van der Waals surface area contributed by atoms with Gasteiger partial charge in [-0.1, -0.05) is 32.9 Å². The summed E-state index contributed by atoms with van der Waals surface area (Å²) in [5.41, 5.74) is 2.01. The number of benzene rings is 1. The van der Waals surface area contributed by atoms with Crippen molar-refractivity contribution in [1.82, 2.24) is 15.1 Å². The summed E-state index contributed by atoms with van der Waals surface area (Å²) in [5.74, 6) is 0.0478. The van der Waals surface area contributed by atoms with E-state index in [-0.39, 0.29) is 23.4 Å². The number of nitrogens with one attached hydrogen (secondary N) is 1. The maximum absolute atomic E-state index is 12.8. The van der Waals surface area contributed by atoms with Gasteiger partial charge in [-0.05, 0) is 43.4 Å². The average Bonchev–Trinajstić information content (AvgIpc) is 2.79. The van der Waals surface area contributed by atoms with E-state index in [1.807, 2.05) is 43.0 Å². The van der Waals surface area contributed by atoms with Crippen molar-refractivity contribution in [3.63, 3.8) is 0 Å². The highest BCUT2D eigenvalue weighted by Crippen LogP contribution is 2.22. The van der Waals surface area contributed by atoms with E-state index in [9.17, 15) is 9.59 Å². The minimum atomic E-state index is -0.0428. The summed E-state index contributed by atoms with van der Waals surface area (Å²) >= 11 is 0. The first-order valence-corrected chi connectivity index (χ1v) is 9.14. The molecule has 1 saturated heterocycles. The van der Waals surface area contributed by atoms with Crippen LogP contribution >= 0.6 is 0 Å². The third-order valence-corrected chi connectivity index (χ3v) is 4.48. The highest BCUT2D eigenvalue weighted by atomic mass is 16.2. The van der Waals surface area contributed by atoms with Gasteiger partial charge in [-0.2, -0.15) is 0 Å². The molecule has 2 rings (SSSR count). The first-order valence-electron chi connectivity index (χ1n) is 9.14. The van der Waals surface area contributed by atoms with Crippen LogP contribution in [0.15, 0.2) is 24.3 Å². The second-order valence-corrected chi connectivity index (χ2v) is 8.06. The maximum Gasteiger partial charge on any atom is 0.317 e. The van der Waals surface area contributed by atoms with E-state index in [2.05, 4.69) is 26.1 Å². The van der Waals surface area contributed by atoms with Crippen LogP contribution in [0.4, 0.5) is 4.79 Å². The molecule has 0 atom stereocenters. The molecule has 0 radical (unpaired) electrons. The summed E-state index contributed by atoms with van der Waals surface area (Å²) in [6.45, 7) is 12.9. The van der Waals surface area contributed by atoms with Gasteiger partial charge in [0.1, 0.15) is 0 Å². The fourth-order valence-electron chi connectivity index (χ4n) is 2.96. The van der Waals surface area contributed by atoms with Crippen LogP contribution in [-0.2, 0) is 5.41 Å². The molecule has 3 amide bonds. The molecular formula is C20H31N3O2. The molecule has 0 aromatic heterocycles. The van der Waals surface area contributed by atoms with Crippen LogP contribution in [0, 0.1) is 0 Å². The number of urea groups is 1. The standard InChI is InChI=1S/C20H31N3O2/c1-15(2)21-19(25)23-12-6-11-22(13-14-23)18(24)16-7-9-17(10-8-16)20(3,4)5/h7-10,15H,6,11-14H2,1-5H3,(H,21,25). The van der Waals surface area contributed by atoms with Crippen LogP contribution in [0.5, 0.6) is 0 Å². The van der Waals surface area contributed by atoms with Crippen molar-refractivity contribution < 1.29 is 9.59 Å². The van der Waals surface area contributed by atoms with Gasteiger partial charge in [0.15, 0.2) is 0 Å². The lowest BCUT2D eigenvalue weighted by Gasteiger charge is -2.24. The highest BCUT2D eigenvalue weighted by Gasteiger charge is 2.23. The molecular weight excluding hydrogens is 314 g/mol. The fourth-order valence-corrected chi connectivity index (χ4v) is 2.96. The van der Waals surface area contributed by atoms with Gasteiger partial charge in [-0.25, -0.2) is 4.79 Å². The Labute approximate surface area is 151 Å². The number of hydrogen-bond acceptors (Lipinski definition) is 2. The predicted molar refractivity (Wildman–Crippen MR) is 101 cm³/mol. The van der Waals surface area contributed by atoms with Crippen LogP contribution in [0.25, 0.3) is 0 Å². The Morgan fingerprint density at radius 1 is 0.960 bits per heavy atom. The molecule has 138 valence electrons. The number of rotatable bonds is 2. The Morgan fingerprint density at radius 2 is 1.52 bits per heavy atom. The van der Waals surface area contributed by atoms with E-state index < -0.39 is 0 Å². The quantitative estimate of drug-likeness (QED) is 0.894. The fraction of sp³-hybridized carbons (Fsp3) is 0.600. The Morgan fingerprint density at radius 3 is 2.08 bits per heavy atom. The highest BCUT2D eigenvalue weighted by molar-refractivity contribution is 5.94. The first-order chi connectivity index (χ1) is 11.7. The maximum atomic E-state index is 12.8. The zero-order chi connectivity index (χ0) is 18.6. The van der Waals surface area contributed by atoms with E-state index in [0.717, 1.165) is 6.42 Å². The van der Waals surface area contributed by atoms with E-state index in [0.29, 0.717) is 31.7 Å². The van der Waals surface area contributed by atoms with Crippen molar-refractivity contribution in [3.05, 3.63) is 35.4 Å². The van der Waals surface area contributed by atoms with Crippen molar-refractivity contribution in [3.8, 4) is 0 Å². The van der Waals surface area contributed by atoms with Crippen LogP contribution in [-0.4, -0.2) is 54.0 Å². The molecule has 25 heavy (non-hydrogen) atoms. The summed E-state index contributed by atoms with van der Waals surface area (Å²) in [6.07, 6.45) is 0.803. The first kappa shape index (κ1) is 19.3. The van der Waals surface area contributed by atoms with Crippen molar-refractivity contribution in [2.75, 3.05) is 26.2 Å². The molecule has 1 aliphatic rings.